The van der Waals surface area contributed by atoms with Crippen LogP contribution in [0.5, 0.6) is 0 Å². The molecule has 0 amide bonds. The Morgan fingerprint density at radius 3 is 2.75 bits per heavy atom. The summed E-state index contributed by atoms with van der Waals surface area (Å²) in [6.07, 6.45) is 4.30. The highest BCUT2D eigenvalue weighted by Gasteiger charge is 2.15. The Balaban J connectivity index is 1.76. The van der Waals surface area contributed by atoms with Crippen LogP contribution in [0.3, 0.4) is 0 Å². The van der Waals surface area contributed by atoms with Crippen LogP contribution in [0.15, 0.2) is 47.0 Å². The molecule has 1 saturated heterocycles. The van der Waals surface area contributed by atoms with E-state index in [0.29, 0.717) is 5.89 Å². The van der Waals surface area contributed by atoms with E-state index in [-0.39, 0.29) is 0 Å². The molecule has 0 spiro atoms. The standard InChI is InChI=1S/C16H15N3O/c1-2-8-17-13(5-1)16-18-14-11-12(6-7-15(14)20-16)19-9-3-4-10-19/h1-2,5-8,11H,3-4,9-10H2. The first kappa shape index (κ1) is 11.5. The van der Waals surface area contributed by atoms with Crippen LogP contribution in [0, 0.1) is 0 Å². The van der Waals surface area contributed by atoms with Crippen LogP contribution >= 0.6 is 0 Å². The molecule has 4 nitrogen and oxygen atoms in total. The summed E-state index contributed by atoms with van der Waals surface area (Å²) < 4.78 is 5.78. The quantitative estimate of drug-likeness (QED) is 0.711. The predicted octanol–water partition coefficient (Wildman–Crippen LogP) is 3.49. The molecule has 0 atom stereocenters. The molecule has 3 heterocycles. The monoisotopic (exact) mass is 265 g/mol. The average molecular weight is 265 g/mol. The molecular weight excluding hydrogens is 250 g/mol. The Labute approximate surface area is 117 Å². The molecule has 0 bridgehead atoms. The lowest BCUT2D eigenvalue weighted by molar-refractivity contribution is 0.617. The fourth-order valence-electron chi connectivity index (χ4n) is 2.69. The lowest BCUT2D eigenvalue weighted by Crippen LogP contribution is -2.17. The molecule has 0 radical (unpaired) electrons. The van der Waals surface area contributed by atoms with Gasteiger partial charge in [0.25, 0.3) is 0 Å². The molecule has 0 saturated carbocycles. The van der Waals surface area contributed by atoms with E-state index in [0.717, 1.165) is 29.9 Å². The summed E-state index contributed by atoms with van der Waals surface area (Å²) in [5.41, 5.74) is 3.71. The zero-order valence-electron chi connectivity index (χ0n) is 11.1. The van der Waals surface area contributed by atoms with E-state index in [9.17, 15) is 0 Å². The van der Waals surface area contributed by atoms with Crippen LogP contribution in [0.1, 0.15) is 12.8 Å². The zero-order valence-corrected chi connectivity index (χ0v) is 11.1. The number of aromatic nitrogens is 2. The molecule has 1 aliphatic heterocycles. The van der Waals surface area contributed by atoms with Crippen LogP contribution in [0.25, 0.3) is 22.7 Å². The molecule has 0 aliphatic carbocycles. The van der Waals surface area contributed by atoms with Gasteiger partial charge in [-0.05, 0) is 43.2 Å². The fourth-order valence-corrected chi connectivity index (χ4v) is 2.69. The highest BCUT2D eigenvalue weighted by Crippen LogP contribution is 2.28. The third-order valence-electron chi connectivity index (χ3n) is 3.73. The van der Waals surface area contributed by atoms with E-state index in [1.807, 2.05) is 24.3 Å². The predicted molar refractivity (Wildman–Crippen MR) is 78.7 cm³/mol. The number of fused-ring (bicyclic) bond motifs is 1. The maximum atomic E-state index is 5.78. The maximum Gasteiger partial charge on any atom is 0.246 e. The topological polar surface area (TPSA) is 42.2 Å². The number of oxazole rings is 1. The van der Waals surface area contributed by atoms with Crippen LogP contribution in [0.4, 0.5) is 5.69 Å². The van der Waals surface area contributed by atoms with Crippen LogP contribution < -0.4 is 4.90 Å². The van der Waals surface area contributed by atoms with Gasteiger partial charge in [0.2, 0.25) is 5.89 Å². The number of nitrogens with zero attached hydrogens (tertiary/aromatic N) is 3. The Bertz CT molecular complexity index is 730. The fraction of sp³-hybridized carbons (Fsp3) is 0.250. The van der Waals surface area contributed by atoms with Crippen LogP contribution in [-0.2, 0) is 0 Å². The molecular formula is C16H15N3O. The van der Waals surface area contributed by atoms with Crippen molar-refractivity contribution in [2.45, 2.75) is 12.8 Å². The van der Waals surface area contributed by atoms with Crippen molar-refractivity contribution < 1.29 is 4.42 Å². The summed E-state index contributed by atoms with van der Waals surface area (Å²) in [6, 6.07) is 12.0. The van der Waals surface area contributed by atoms with E-state index < -0.39 is 0 Å². The summed E-state index contributed by atoms with van der Waals surface area (Å²) in [6.45, 7) is 2.27. The smallest absolute Gasteiger partial charge is 0.246 e. The van der Waals surface area contributed by atoms with Crippen molar-refractivity contribution in [1.82, 2.24) is 9.97 Å². The van der Waals surface area contributed by atoms with Gasteiger partial charge >= 0.3 is 0 Å². The highest BCUT2D eigenvalue weighted by atomic mass is 16.3. The first-order valence-corrected chi connectivity index (χ1v) is 6.97. The largest absolute Gasteiger partial charge is 0.435 e. The second-order valence-electron chi connectivity index (χ2n) is 5.08. The van der Waals surface area contributed by atoms with Crippen molar-refractivity contribution >= 4 is 16.8 Å². The van der Waals surface area contributed by atoms with Gasteiger partial charge in [-0.3, -0.25) is 4.98 Å². The Morgan fingerprint density at radius 1 is 1.05 bits per heavy atom. The minimum atomic E-state index is 0.583. The molecule has 0 unspecified atom stereocenters. The summed E-state index contributed by atoms with van der Waals surface area (Å²) in [4.78, 5) is 11.2. The number of pyridine rings is 1. The first-order chi connectivity index (χ1) is 9.90. The third kappa shape index (κ3) is 1.93. The van der Waals surface area contributed by atoms with E-state index in [1.54, 1.807) is 6.20 Å². The molecule has 20 heavy (non-hydrogen) atoms. The first-order valence-electron chi connectivity index (χ1n) is 6.97. The molecule has 4 rings (SSSR count). The van der Waals surface area contributed by atoms with E-state index in [1.165, 1.54) is 18.5 Å². The Hall–Kier alpha value is -2.36. The molecule has 4 heteroatoms. The van der Waals surface area contributed by atoms with Crippen LogP contribution in [-0.4, -0.2) is 23.1 Å². The number of hydrogen-bond donors (Lipinski definition) is 0. The van der Waals surface area contributed by atoms with Gasteiger partial charge in [0.05, 0.1) is 0 Å². The molecule has 100 valence electrons. The molecule has 1 aromatic carbocycles. The second-order valence-corrected chi connectivity index (χ2v) is 5.08. The highest BCUT2D eigenvalue weighted by molar-refractivity contribution is 5.80. The van der Waals surface area contributed by atoms with Crippen molar-refractivity contribution in [3.8, 4) is 11.6 Å². The van der Waals surface area contributed by atoms with E-state index in [4.69, 9.17) is 4.42 Å². The van der Waals surface area contributed by atoms with Gasteiger partial charge in [-0.2, -0.15) is 0 Å². The van der Waals surface area contributed by atoms with E-state index >= 15 is 0 Å². The van der Waals surface area contributed by atoms with Crippen molar-refractivity contribution in [2.24, 2.45) is 0 Å². The summed E-state index contributed by atoms with van der Waals surface area (Å²) >= 11 is 0. The second kappa shape index (κ2) is 4.63. The summed E-state index contributed by atoms with van der Waals surface area (Å²) in [5, 5.41) is 0. The van der Waals surface area contributed by atoms with Crippen molar-refractivity contribution in [3.05, 3.63) is 42.6 Å². The molecule has 3 aromatic rings. The Morgan fingerprint density at radius 2 is 1.95 bits per heavy atom. The van der Waals surface area contributed by atoms with Gasteiger partial charge < -0.3 is 9.32 Å². The van der Waals surface area contributed by atoms with Gasteiger partial charge in [-0.25, -0.2) is 4.98 Å². The number of anilines is 1. The average Bonchev–Trinajstić information content (AvgIpc) is 3.16. The minimum Gasteiger partial charge on any atom is -0.435 e. The maximum absolute atomic E-state index is 5.78. The number of benzene rings is 1. The molecule has 0 N–H and O–H groups in total. The van der Waals surface area contributed by atoms with Gasteiger partial charge in [-0.15, -0.1) is 0 Å². The summed E-state index contributed by atoms with van der Waals surface area (Å²) in [7, 11) is 0. The minimum absolute atomic E-state index is 0.583. The summed E-state index contributed by atoms with van der Waals surface area (Å²) in [5.74, 6) is 0.583. The lowest BCUT2D eigenvalue weighted by atomic mass is 10.2. The van der Waals surface area contributed by atoms with Crippen LogP contribution in [0.2, 0.25) is 0 Å². The lowest BCUT2D eigenvalue weighted by Gasteiger charge is -2.16. The van der Waals surface area contributed by atoms with Crippen molar-refractivity contribution in [2.75, 3.05) is 18.0 Å². The SMILES string of the molecule is c1ccc(-c2nc3cc(N4CCCC4)ccc3o2)nc1. The van der Waals surface area contributed by atoms with Gasteiger partial charge in [0.1, 0.15) is 11.2 Å². The number of rotatable bonds is 2. The van der Waals surface area contributed by atoms with Crippen molar-refractivity contribution in [1.29, 1.82) is 0 Å². The normalized spacial score (nSPS) is 15.1. The van der Waals surface area contributed by atoms with Crippen molar-refractivity contribution in [3.63, 3.8) is 0 Å². The van der Waals surface area contributed by atoms with E-state index in [2.05, 4.69) is 27.0 Å². The zero-order chi connectivity index (χ0) is 13.4. The Kier molecular flexibility index (Phi) is 2.66. The third-order valence-corrected chi connectivity index (χ3v) is 3.73. The molecule has 1 aliphatic rings. The van der Waals surface area contributed by atoms with Gasteiger partial charge in [0.15, 0.2) is 5.58 Å². The number of hydrogen-bond acceptors (Lipinski definition) is 4. The molecule has 1 fully saturated rings. The molecule has 2 aromatic heterocycles. The van der Waals surface area contributed by atoms with Gasteiger partial charge in [-0.1, -0.05) is 6.07 Å². The van der Waals surface area contributed by atoms with Gasteiger partial charge in [0, 0.05) is 25.0 Å².